The lowest BCUT2D eigenvalue weighted by Crippen LogP contribution is -1.95. The van der Waals surface area contributed by atoms with Gasteiger partial charge in [-0.25, -0.2) is 4.98 Å². The van der Waals surface area contributed by atoms with Gasteiger partial charge >= 0.3 is 0 Å². The highest BCUT2D eigenvalue weighted by Gasteiger charge is 2.15. The molecule has 5 heteroatoms. The topological polar surface area (TPSA) is 55.1 Å². The quantitative estimate of drug-likeness (QED) is 0.851. The Morgan fingerprint density at radius 2 is 2.06 bits per heavy atom. The molecule has 0 aliphatic heterocycles. The highest BCUT2D eigenvalue weighted by atomic mass is 32.1. The number of aromatic nitrogens is 1. The number of thiazole rings is 1. The van der Waals surface area contributed by atoms with E-state index in [0.717, 1.165) is 28.3 Å². The van der Waals surface area contributed by atoms with Crippen LogP contribution in [0.3, 0.4) is 0 Å². The molecule has 1 heterocycles. The lowest BCUT2D eigenvalue weighted by molar-refractivity contribution is 0.390. The Balaban J connectivity index is 2.58. The fourth-order valence-corrected chi connectivity index (χ4v) is 2.41. The summed E-state index contributed by atoms with van der Waals surface area (Å²) in [6.07, 6.45) is 0. The summed E-state index contributed by atoms with van der Waals surface area (Å²) in [4.78, 5) is 4.24. The number of ether oxygens (including phenoxy) is 2. The van der Waals surface area contributed by atoms with E-state index in [1.807, 2.05) is 30.5 Å². The van der Waals surface area contributed by atoms with Crippen molar-refractivity contribution < 1.29 is 9.47 Å². The van der Waals surface area contributed by atoms with Gasteiger partial charge in [-0.05, 0) is 19.1 Å². The molecule has 0 aliphatic carbocycles. The predicted molar refractivity (Wildman–Crippen MR) is 70.1 cm³/mol. The van der Waals surface area contributed by atoms with Crippen LogP contribution >= 0.6 is 11.3 Å². The maximum atomic E-state index is 8.81. The van der Waals surface area contributed by atoms with E-state index in [0.29, 0.717) is 5.01 Å². The van der Waals surface area contributed by atoms with Crippen LogP contribution in [0.2, 0.25) is 0 Å². The highest BCUT2D eigenvalue weighted by molar-refractivity contribution is 7.10. The van der Waals surface area contributed by atoms with Crippen molar-refractivity contribution in [2.75, 3.05) is 14.2 Å². The second-order valence-corrected chi connectivity index (χ2v) is 4.48. The lowest BCUT2D eigenvalue weighted by atomic mass is 10.1. The van der Waals surface area contributed by atoms with Crippen LogP contribution in [0.4, 0.5) is 0 Å². The van der Waals surface area contributed by atoms with Crippen LogP contribution in [0.1, 0.15) is 10.6 Å². The monoisotopic (exact) mass is 260 g/mol. The Kier molecular flexibility index (Phi) is 3.49. The minimum absolute atomic E-state index is 0.445. The Bertz CT molecular complexity index is 614. The normalized spacial score (nSPS) is 9.89. The van der Waals surface area contributed by atoms with Crippen molar-refractivity contribution >= 4 is 11.3 Å². The lowest BCUT2D eigenvalue weighted by Gasteiger charge is -2.13. The zero-order chi connectivity index (χ0) is 13.1. The number of nitriles is 1. The molecule has 0 unspecified atom stereocenters. The molecule has 0 N–H and O–H groups in total. The van der Waals surface area contributed by atoms with Gasteiger partial charge in [0.25, 0.3) is 0 Å². The van der Waals surface area contributed by atoms with E-state index in [1.165, 1.54) is 11.3 Å². The first-order chi connectivity index (χ1) is 8.71. The molecule has 2 aromatic rings. The Morgan fingerprint density at radius 1 is 1.28 bits per heavy atom. The van der Waals surface area contributed by atoms with Gasteiger partial charge in [-0.1, -0.05) is 0 Å². The van der Waals surface area contributed by atoms with Gasteiger partial charge in [0.05, 0.1) is 19.9 Å². The van der Waals surface area contributed by atoms with Gasteiger partial charge < -0.3 is 9.47 Å². The van der Waals surface area contributed by atoms with Crippen molar-refractivity contribution in [1.29, 1.82) is 5.26 Å². The molecule has 1 aromatic heterocycles. The summed E-state index contributed by atoms with van der Waals surface area (Å²) in [6, 6.07) is 5.80. The molecule has 0 amide bonds. The van der Waals surface area contributed by atoms with E-state index < -0.39 is 0 Å². The maximum absolute atomic E-state index is 8.81. The second kappa shape index (κ2) is 5.07. The zero-order valence-corrected chi connectivity index (χ0v) is 11.2. The van der Waals surface area contributed by atoms with Crippen molar-refractivity contribution in [1.82, 2.24) is 4.98 Å². The summed E-state index contributed by atoms with van der Waals surface area (Å²) in [5.41, 5.74) is 2.54. The molecule has 0 spiro atoms. The third kappa shape index (κ3) is 2.03. The summed E-state index contributed by atoms with van der Waals surface area (Å²) < 4.78 is 10.7. The molecule has 4 nitrogen and oxygen atoms in total. The minimum Gasteiger partial charge on any atom is -0.496 e. The average Bonchev–Trinajstić information content (AvgIpc) is 2.87. The van der Waals surface area contributed by atoms with Crippen molar-refractivity contribution in [2.24, 2.45) is 0 Å². The number of rotatable bonds is 3. The predicted octanol–water partition coefficient (Wildman–Crippen LogP) is 3.01. The van der Waals surface area contributed by atoms with E-state index in [2.05, 4.69) is 4.98 Å². The van der Waals surface area contributed by atoms with Crippen LogP contribution in [0.25, 0.3) is 11.3 Å². The fraction of sp³-hybridized carbons (Fsp3) is 0.231. The van der Waals surface area contributed by atoms with Crippen molar-refractivity contribution in [3.63, 3.8) is 0 Å². The largest absolute Gasteiger partial charge is 0.496 e. The van der Waals surface area contributed by atoms with Crippen molar-refractivity contribution in [2.45, 2.75) is 6.92 Å². The summed E-state index contributed by atoms with van der Waals surface area (Å²) in [7, 11) is 3.24. The Labute approximate surface area is 109 Å². The van der Waals surface area contributed by atoms with Crippen LogP contribution in [0.15, 0.2) is 17.5 Å². The van der Waals surface area contributed by atoms with Gasteiger partial charge in [0.2, 0.25) is 0 Å². The van der Waals surface area contributed by atoms with Gasteiger partial charge in [-0.3, -0.25) is 0 Å². The number of hydrogen-bond donors (Lipinski definition) is 0. The number of methoxy groups -OCH3 is 2. The standard InChI is InChI=1S/C13H12N2O2S/c1-8-11(16-2)5-4-9(13(8)17-3)10-7-18-12(6-14)15-10/h4-5,7H,1-3H3. The Morgan fingerprint density at radius 3 is 2.61 bits per heavy atom. The van der Waals surface area contributed by atoms with E-state index in [-0.39, 0.29) is 0 Å². The summed E-state index contributed by atoms with van der Waals surface area (Å²) in [6.45, 7) is 1.93. The molecule has 0 bridgehead atoms. The molecule has 0 saturated carbocycles. The molecule has 2 rings (SSSR count). The van der Waals surface area contributed by atoms with Gasteiger partial charge in [0.15, 0.2) is 5.01 Å². The van der Waals surface area contributed by atoms with Crippen molar-refractivity contribution in [3.8, 4) is 28.8 Å². The first-order valence-electron chi connectivity index (χ1n) is 5.28. The zero-order valence-electron chi connectivity index (χ0n) is 10.4. The fourth-order valence-electron chi connectivity index (χ4n) is 1.81. The number of hydrogen-bond acceptors (Lipinski definition) is 5. The smallest absolute Gasteiger partial charge is 0.194 e. The molecule has 92 valence electrons. The molecule has 18 heavy (non-hydrogen) atoms. The molecule has 0 saturated heterocycles. The molecule has 0 radical (unpaired) electrons. The first-order valence-corrected chi connectivity index (χ1v) is 6.16. The first kappa shape index (κ1) is 12.4. The van der Waals surface area contributed by atoms with E-state index in [1.54, 1.807) is 14.2 Å². The molecular formula is C13H12N2O2S. The molecule has 0 aliphatic rings. The second-order valence-electron chi connectivity index (χ2n) is 3.62. The summed E-state index contributed by atoms with van der Waals surface area (Å²) in [5.74, 6) is 1.50. The van der Waals surface area contributed by atoms with Crippen LogP contribution in [-0.2, 0) is 0 Å². The molecule has 0 atom stereocenters. The van der Waals surface area contributed by atoms with Crippen LogP contribution in [0.5, 0.6) is 11.5 Å². The van der Waals surface area contributed by atoms with Gasteiger partial charge in [-0.2, -0.15) is 5.26 Å². The summed E-state index contributed by atoms with van der Waals surface area (Å²) >= 11 is 1.32. The average molecular weight is 260 g/mol. The molecular weight excluding hydrogens is 248 g/mol. The van der Waals surface area contributed by atoms with Gasteiger partial charge in [0.1, 0.15) is 17.6 Å². The van der Waals surface area contributed by atoms with Crippen LogP contribution in [0, 0.1) is 18.3 Å². The molecule has 1 aromatic carbocycles. The highest BCUT2D eigenvalue weighted by Crippen LogP contribution is 2.37. The van der Waals surface area contributed by atoms with E-state index in [9.17, 15) is 0 Å². The minimum atomic E-state index is 0.445. The number of benzene rings is 1. The maximum Gasteiger partial charge on any atom is 0.194 e. The third-order valence-electron chi connectivity index (χ3n) is 2.66. The Hall–Kier alpha value is -2.06. The van der Waals surface area contributed by atoms with E-state index >= 15 is 0 Å². The third-order valence-corrected chi connectivity index (χ3v) is 3.40. The molecule has 0 fully saturated rings. The van der Waals surface area contributed by atoms with Gasteiger partial charge in [-0.15, -0.1) is 11.3 Å². The number of nitrogens with zero attached hydrogens (tertiary/aromatic N) is 2. The summed E-state index contributed by atoms with van der Waals surface area (Å²) in [5, 5.41) is 11.1. The van der Waals surface area contributed by atoms with Gasteiger partial charge in [0, 0.05) is 16.5 Å². The van der Waals surface area contributed by atoms with E-state index in [4.69, 9.17) is 14.7 Å². The van der Waals surface area contributed by atoms with Crippen LogP contribution < -0.4 is 9.47 Å². The van der Waals surface area contributed by atoms with Crippen molar-refractivity contribution in [3.05, 3.63) is 28.1 Å². The SMILES string of the molecule is COc1ccc(-c2csc(C#N)n2)c(OC)c1C. The van der Waals surface area contributed by atoms with Crippen LogP contribution in [-0.4, -0.2) is 19.2 Å².